The number of benzene rings is 2. The van der Waals surface area contributed by atoms with Crippen LogP contribution in [0.3, 0.4) is 0 Å². The number of nitrogens with zero attached hydrogens (tertiary/aromatic N) is 1. The third kappa shape index (κ3) is 5.48. The molecule has 0 unspecified atom stereocenters. The van der Waals surface area contributed by atoms with Crippen LogP contribution in [0, 0.1) is 11.6 Å². The molecule has 2 aromatic carbocycles. The summed E-state index contributed by atoms with van der Waals surface area (Å²) in [4.78, 5) is 4.23. The molecule has 0 bridgehead atoms. The molecule has 3 rings (SSSR count). The van der Waals surface area contributed by atoms with Gasteiger partial charge in [0.2, 0.25) is 0 Å². The largest absolute Gasteiger partial charge is 0.494 e. The first-order chi connectivity index (χ1) is 14.6. The summed E-state index contributed by atoms with van der Waals surface area (Å²) >= 11 is 0. The molecule has 0 radical (unpaired) electrons. The van der Waals surface area contributed by atoms with Gasteiger partial charge in [-0.1, -0.05) is 12.1 Å². The monoisotopic (exact) mass is 417 g/mol. The van der Waals surface area contributed by atoms with Crippen LogP contribution in [-0.2, 0) is 16.7 Å². The molecule has 1 saturated heterocycles. The topological polar surface area (TPSA) is 54.9 Å². The molecule has 30 heavy (non-hydrogen) atoms. The van der Waals surface area contributed by atoms with E-state index in [4.69, 9.17) is 9.47 Å². The van der Waals surface area contributed by atoms with Gasteiger partial charge in [0.1, 0.15) is 17.4 Å². The lowest BCUT2D eigenvalue weighted by Crippen LogP contribution is -2.48. The van der Waals surface area contributed by atoms with E-state index < -0.39 is 11.6 Å². The average Bonchev–Trinajstić information content (AvgIpc) is 2.77. The maximum Gasteiger partial charge on any atom is 0.191 e. The van der Waals surface area contributed by atoms with Crippen LogP contribution in [0.25, 0.3) is 0 Å². The molecule has 2 aromatic rings. The molecule has 0 amide bonds. The number of aliphatic imine (C=N–C) groups is 1. The number of rotatable bonds is 7. The molecule has 1 fully saturated rings. The number of nitrogens with one attached hydrogen (secondary N) is 2. The van der Waals surface area contributed by atoms with Crippen molar-refractivity contribution in [2.45, 2.75) is 31.7 Å². The number of hydrogen-bond acceptors (Lipinski definition) is 3. The zero-order valence-corrected chi connectivity index (χ0v) is 17.5. The highest BCUT2D eigenvalue weighted by molar-refractivity contribution is 5.79. The van der Waals surface area contributed by atoms with Crippen LogP contribution in [0.4, 0.5) is 8.78 Å². The van der Waals surface area contributed by atoms with E-state index in [0.717, 1.165) is 30.7 Å². The Morgan fingerprint density at radius 3 is 2.50 bits per heavy atom. The Balaban J connectivity index is 1.67. The van der Waals surface area contributed by atoms with Gasteiger partial charge in [0.15, 0.2) is 5.96 Å². The summed E-state index contributed by atoms with van der Waals surface area (Å²) in [7, 11) is 1.66. The molecule has 7 heteroatoms. The standard InChI is InChI=1S/C23H29F2N3O2/c1-3-30-20-7-4-18(5-8-20)23(10-12-29-13-11-23)16-28-22(26-2)27-15-17-14-19(24)6-9-21(17)25/h4-9,14H,3,10-13,15-16H2,1-2H3,(H2,26,27,28). The molecule has 0 spiro atoms. The smallest absolute Gasteiger partial charge is 0.191 e. The van der Waals surface area contributed by atoms with Crippen molar-refractivity contribution < 1.29 is 18.3 Å². The van der Waals surface area contributed by atoms with Gasteiger partial charge in [0.05, 0.1) is 6.61 Å². The first-order valence-corrected chi connectivity index (χ1v) is 10.3. The summed E-state index contributed by atoms with van der Waals surface area (Å²) in [5.41, 5.74) is 1.36. The first-order valence-electron chi connectivity index (χ1n) is 10.3. The highest BCUT2D eigenvalue weighted by Gasteiger charge is 2.34. The van der Waals surface area contributed by atoms with Gasteiger partial charge in [-0.05, 0) is 55.7 Å². The lowest BCUT2D eigenvalue weighted by Gasteiger charge is -2.38. The summed E-state index contributed by atoms with van der Waals surface area (Å²) in [5.74, 6) is 0.476. The first kappa shape index (κ1) is 22.0. The van der Waals surface area contributed by atoms with Crippen LogP contribution in [0.1, 0.15) is 30.9 Å². The van der Waals surface area contributed by atoms with Crippen molar-refractivity contribution in [1.82, 2.24) is 10.6 Å². The number of halogens is 2. The molecule has 2 N–H and O–H groups in total. The van der Waals surface area contributed by atoms with Gasteiger partial charge in [-0.2, -0.15) is 0 Å². The van der Waals surface area contributed by atoms with Crippen LogP contribution in [-0.4, -0.2) is 39.4 Å². The van der Waals surface area contributed by atoms with Crippen LogP contribution in [0.2, 0.25) is 0 Å². The average molecular weight is 418 g/mol. The fourth-order valence-electron chi connectivity index (χ4n) is 3.73. The molecular formula is C23H29F2N3O2. The zero-order chi connectivity index (χ0) is 21.4. The fourth-order valence-corrected chi connectivity index (χ4v) is 3.73. The van der Waals surface area contributed by atoms with Crippen molar-refractivity contribution >= 4 is 5.96 Å². The fraction of sp³-hybridized carbons (Fsp3) is 0.435. The molecule has 162 valence electrons. The van der Waals surface area contributed by atoms with Crippen molar-refractivity contribution in [2.75, 3.05) is 33.4 Å². The normalized spacial score (nSPS) is 16.2. The second kappa shape index (κ2) is 10.4. The van der Waals surface area contributed by atoms with Crippen molar-refractivity contribution in [2.24, 2.45) is 4.99 Å². The van der Waals surface area contributed by atoms with Crippen molar-refractivity contribution in [3.63, 3.8) is 0 Å². The van der Waals surface area contributed by atoms with Crippen molar-refractivity contribution in [3.8, 4) is 5.75 Å². The molecule has 1 aliphatic heterocycles. The van der Waals surface area contributed by atoms with Gasteiger partial charge in [-0.25, -0.2) is 8.78 Å². The highest BCUT2D eigenvalue weighted by atomic mass is 19.1. The number of hydrogen-bond donors (Lipinski definition) is 2. The van der Waals surface area contributed by atoms with Gasteiger partial charge in [-0.3, -0.25) is 4.99 Å². The maximum atomic E-state index is 13.9. The van der Waals surface area contributed by atoms with Crippen LogP contribution < -0.4 is 15.4 Å². The predicted molar refractivity (Wildman–Crippen MR) is 114 cm³/mol. The van der Waals surface area contributed by atoms with Gasteiger partial charge >= 0.3 is 0 Å². The Labute approximate surface area is 176 Å². The maximum absolute atomic E-state index is 13.9. The number of ether oxygens (including phenoxy) is 2. The summed E-state index contributed by atoms with van der Waals surface area (Å²) in [6.45, 7) is 4.77. The van der Waals surface area contributed by atoms with Crippen LogP contribution >= 0.6 is 0 Å². The van der Waals surface area contributed by atoms with Crippen LogP contribution in [0.5, 0.6) is 5.75 Å². The molecule has 0 saturated carbocycles. The Kier molecular flexibility index (Phi) is 7.63. The molecule has 0 aliphatic carbocycles. The summed E-state index contributed by atoms with van der Waals surface area (Å²) in [6, 6.07) is 11.6. The molecule has 0 aromatic heterocycles. The zero-order valence-electron chi connectivity index (χ0n) is 17.5. The van der Waals surface area contributed by atoms with Gasteiger partial charge in [-0.15, -0.1) is 0 Å². The quantitative estimate of drug-likeness (QED) is 0.532. The minimum Gasteiger partial charge on any atom is -0.494 e. The highest BCUT2D eigenvalue weighted by Crippen LogP contribution is 2.35. The Morgan fingerprint density at radius 1 is 1.10 bits per heavy atom. The second-order valence-electron chi connectivity index (χ2n) is 7.37. The minimum absolute atomic E-state index is 0.106. The number of guanidine groups is 1. The third-order valence-electron chi connectivity index (χ3n) is 5.50. The lowest BCUT2D eigenvalue weighted by atomic mass is 9.74. The van der Waals surface area contributed by atoms with Crippen LogP contribution in [0.15, 0.2) is 47.5 Å². The SMILES string of the molecule is CCOc1ccc(C2(CNC(=NC)NCc3cc(F)ccc3F)CCOCC2)cc1. The van der Waals surface area contributed by atoms with E-state index in [1.807, 2.05) is 19.1 Å². The van der Waals surface area contributed by atoms with E-state index in [1.54, 1.807) is 7.05 Å². The summed E-state index contributed by atoms with van der Waals surface area (Å²) < 4.78 is 38.4. The van der Waals surface area contributed by atoms with Gasteiger partial charge in [0, 0.05) is 44.3 Å². The van der Waals surface area contributed by atoms with E-state index >= 15 is 0 Å². The lowest BCUT2D eigenvalue weighted by molar-refractivity contribution is 0.0513. The minimum atomic E-state index is -0.465. The predicted octanol–water partition coefficient (Wildman–Crippen LogP) is 3.78. The van der Waals surface area contributed by atoms with E-state index in [9.17, 15) is 8.78 Å². The van der Waals surface area contributed by atoms with E-state index in [2.05, 4.69) is 27.8 Å². The Bertz CT molecular complexity index is 850. The van der Waals surface area contributed by atoms with E-state index in [1.165, 1.54) is 11.6 Å². The van der Waals surface area contributed by atoms with Gasteiger partial charge in [0.25, 0.3) is 0 Å². The molecular weight excluding hydrogens is 388 g/mol. The van der Waals surface area contributed by atoms with Gasteiger partial charge < -0.3 is 20.1 Å². The van der Waals surface area contributed by atoms with E-state index in [-0.39, 0.29) is 17.5 Å². The molecule has 1 aliphatic rings. The Morgan fingerprint density at radius 2 is 1.83 bits per heavy atom. The Hall–Kier alpha value is -2.67. The van der Waals surface area contributed by atoms with Crippen molar-refractivity contribution in [3.05, 3.63) is 65.2 Å². The van der Waals surface area contributed by atoms with E-state index in [0.29, 0.717) is 32.3 Å². The summed E-state index contributed by atoms with van der Waals surface area (Å²) in [5, 5.41) is 6.43. The molecule has 0 atom stereocenters. The second-order valence-corrected chi connectivity index (χ2v) is 7.37. The molecule has 5 nitrogen and oxygen atoms in total. The molecule has 1 heterocycles. The summed E-state index contributed by atoms with van der Waals surface area (Å²) in [6.07, 6.45) is 1.76. The third-order valence-corrected chi connectivity index (χ3v) is 5.50. The van der Waals surface area contributed by atoms with Crippen molar-refractivity contribution in [1.29, 1.82) is 0 Å².